The van der Waals surface area contributed by atoms with Crippen molar-refractivity contribution in [3.05, 3.63) is 36.0 Å². The maximum atomic E-state index is 14.2. The maximum Gasteiger partial charge on any atom is 0.329 e. The molecule has 1 aliphatic carbocycles. The Hall–Kier alpha value is -2.78. The second-order valence-corrected chi connectivity index (χ2v) is 17.3. The van der Waals surface area contributed by atoms with Crippen molar-refractivity contribution >= 4 is 23.4 Å². The van der Waals surface area contributed by atoms with Crippen molar-refractivity contribution in [3.8, 4) is 0 Å². The average Bonchev–Trinajstić information content (AvgIpc) is 3.19. The van der Waals surface area contributed by atoms with Gasteiger partial charge in [-0.2, -0.15) is 0 Å². The van der Waals surface area contributed by atoms with E-state index in [-0.39, 0.29) is 49.0 Å². The Bertz CT molecular complexity index is 1410. The summed E-state index contributed by atoms with van der Waals surface area (Å²) >= 11 is 0. The van der Waals surface area contributed by atoms with Gasteiger partial charge in [-0.3, -0.25) is 14.4 Å². The summed E-state index contributed by atoms with van der Waals surface area (Å²) < 4.78 is 29.4. The Morgan fingerprint density at radius 3 is 2.12 bits per heavy atom. The number of carbonyl (C=O) groups excluding carboxylic acids is 4. The molecule has 0 bridgehead atoms. The molecule has 3 N–H and O–H groups in total. The molecule has 0 radical (unpaired) electrons. The molecule has 3 aliphatic rings. The van der Waals surface area contributed by atoms with E-state index in [1.807, 2.05) is 32.9 Å². The number of carbonyl (C=O) groups is 4. The maximum absolute atomic E-state index is 14.2. The molecule has 0 aromatic heterocycles. The molecule has 1 saturated carbocycles. The first-order chi connectivity index (χ1) is 27.6. The van der Waals surface area contributed by atoms with Gasteiger partial charge in [0.2, 0.25) is 5.78 Å². The van der Waals surface area contributed by atoms with Gasteiger partial charge in [-0.25, -0.2) is 4.79 Å². The highest BCUT2D eigenvalue weighted by Crippen LogP contribution is 2.33. The molecule has 0 spiro atoms. The van der Waals surface area contributed by atoms with Crippen molar-refractivity contribution in [3.63, 3.8) is 0 Å². The fourth-order valence-corrected chi connectivity index (χ4v) is 9.22. The first kappa shape index (κ1) is 49.6. The molecule has 0 aromatic carbocycles. The van der Waals surface area contributed by atoms with Gasteiger partial charge in [0.05, 0.1) is 30.5 Å². The predicted molar refractivity (Wildman–Crippen MR) is 219 cm³/mol. The Labute approximate surface area is 346 Å². The number of allylic oxidation sites excluding steroid dienone is 4. The van der Waals surface area contributed by atoms with Crippen LogP contribution in [0, 0.1) is 29.6 Å². The van der Waals surface area contributed by atoms with E-state index >= 15 is 0 Å². The Kier molecular flexibility index (Phi) is 20.9. The Balaban J connectivity index is 2.06. The number of cyclic esters (lactones) is 1. The number of methoxy groups -OCH3 is 3. The van der Waals surface area contributed by atoms with Crippen LogP contribution in [-0.4, -0.2) is 127 Å². The standard InChI is InChI=1S/C45H73NO12/c1-10-13-33-19-27(2)18-28(3)21-40(55-8)43(57-26-47)41(56-9)22-29(4)20-38(51)44(52)46-17-12-11-14-34(46)45(53)58-42(31(6)36(49)25-37(33)50)30(5)23-32-15-16-35(48)39(24-32)54-7/h10,19,23,28-29,31-36,39-43,47-49H,1,11-18,20-22,24-26H2,2-9H3/b27-19+,30-23+/t28-,29-,31+,32?,33?,34-,35+,36-,39+,40-,41-,42+,43+/m0/s1. The largest absolute Gasteiger partial charge is 0.456 e. The molecule has 2 fully saturated rings. The summed E-state index contributed by atoms with van der Waals surface area (Å²) in [5.74, 6) is -3.71. The minimum absolute atomic E-state index is 0.0127. The molecule has 13 heteroatoms. The topological polar surface area (TPSA) is 178 Å². The van der Waals surface area contributed by atoms with Gasteiger partial charge < -0.3 is 43.9 Å². The summed E-state index contributed by atoms with van der Waals surface area (Å²) in [6.07, 6.45) is 5.86. The van der Waals surface area contributed by atoms with Crippen molar-refractivity contribution in [2.45, 2.75) is 160 Å². The summed E-state index contributed by atoms with van der Waals surface area (Å²) in [5, 5.41) is 32.0. The molecular weight excluding hydrogens is 746 g/mol. The predicted octanol–water partition coefficient (Wildman–Crippen LogP) is 5.28. The Morgan fingerprint density at radius 1 is 0.879 bits per heavy atom. The fourth-order valence-electron chi connectivity index (χ4n) is 9.22. The zero-order valence-electron chi connectivity index (χ0n) is 36.3. The van der Waals surface area contributed by atoms with Gasteiger partial charge in [-0.1, -0.05) is 44.6 Å². The van der Waals surface area contributed by atoms with Crippen molar-refractivity contribution in [2.75, 3.05) is 34.7 Å². The third kappa shape index (κ3) is 14.2. The first-order valence-electron chi connectivity index (χ1n) is 21.3. The molecular formula is C45H73NO12. The van der Waals surface area contributed by atoms with E-state index in [1.165, 1.54) is 12.0 Å². The first-order valence-corrected chi connectivity index (χ1v) is 21.3. The minimum Gasteiger partial charge on any atom is -0.456 e. The van der Waals surface area contributed by atoms with Gasteiger partial charge in [-0.05, 0) is 101 Å². The van der Waals surface area contributed by atoms with E-state index in [9.17, 15) is 34.5 Å². The highest BCUT2D eigenvalue weighted by molar-refractivity contribution is 6.36. The minimum atomic E-state index is -1.18. The second kappa shape index (κ2) is 24.5. The molecule has 2 heterocycles. The number of rotatable bonds is 9. The van der Waals surface area contributed by atoms with Gasteiger partial charge in [-0.15, -0.1) is 6.58 Å². The van der Waals surface area contributed by atoms with Crippen LogP contribution in [0.4, 0.5) is 0 Å². The normalized spacial score (nSPS) is 37.4. The lowest BCUT2D eigenvalue weighted by Crippen LogP contribution is -2.52. The van der Waals surface area contributed by atoms with Gasteiger partial charge in [0.1, 0.15) is 30.8 Å². The van der Waals surface area contributed by atoms with Crippen LogP contribution in [0.1, 0.15) is 112 Å². The van der Waals surface area contributed by atoms with Crippen LogP contribution >= 0.6 is 0 Å². The summed E-state index contributed by atoms with van der Waals surface area (Å²) in [7, 11) is 4.68. The number of esters is 1. The monoisotopic (exact) mass is 820 g/mol. The molecule has 13 nitrogen and oxygen atoms in total. The van der Waals surface area contributed by atoms with Gasteiger partial charge in [0.15, 0.2) is 0 Å². The van der Waals surface area contributed by atoms with E-state index in [2.05, 4.69) is 13.5 Å². The van der Waals surface area contributed by atoms with E-state index in [0.29, 0.717) is 69.8 Å². The number of nitrogens with zero attached hydrogens (tertiary/aromatic N) is 1. The summed E-state index contributed by atoms with van der Waals surface area (Å²) in [6, 6.07) is -1.00. The number of ketones is 2. The molecule has 0 aromatic rings. The van der Waals surface area contributed by atoms with E-state index in [1.54, 1.807) is 27.2 Å². The van der Waals surface area contributed by atoms with Crippen LogP contribution in [0.5, 0.6) is 0 Å². The van der Waals surface area contributed by atoms with Gasteiger partial charge >= 0.3 is 5.97 Å². The molecule has 13 atom stereocenters. The van der Waals surface area contributed by atoms with Crippen molar-refractivity contribution in [2.24, 2.45) is 29.6 Å². The smallest absolute Gasteiger partial charge is 0.329 e. The molecule has 1 saturated heterocycles. The summed E-state index contributed by atoms with van der Waals surface area (Å²) in [5.41, 5.74) is 1.67. The van der Waals surface area contributed by atoms with Crippen LogP contribution in [-0.2, 0) is 42.9 Å². The van der Waals surface area contributed by atoms with Crippen LogP contribution in [0.2, 0.25) is 0 Å². The van der Waals surface area contributed by atoms with Gasteiger partial charge in [0.25, 0.3) is 5.91 Å². The number of fused-ring (bicyclic) bond motifs is 1. The number of ether oxygens (including phenoxy) is 5. The molecule has 1 amide bonds. The van der Waals surface area contributed by atoms with Crippen LogP contribution in [0.25, 0.3) is 0 Å². The molecule has 330 valence electrons. The average molecular weight is 820 g/mol. The number of hydrogen-bond donors (Lipinski definition) is 3. The zero-order chi connectivity index (χ0) is 43.1. The second-order valence-electron chi connectivity index (χ2n) is 17.3. The van der Waals surface area contributed by atoms with Gasteiger partial charge in [0, 0.05) is 52.6 Å². The number of Topliss-reactive ketones (excluding diaryl/α,β-unsaturated/α-hetero) is 2. The Morgan fingerprint density at radius 2 is 1.52 bits per heavy atom. The molecule has 3 rings (SSSR count). The highest BCUT2D eigenvalue weighted by atomic mass is 16.6. The lowest BCUT2D eigenvalue weighted by molar-refractivity contribution is -0.166. The van der Waals surface area contributed by atoms with Crippen molar-refractivity contribution in [1.29, 1.82) is 0 Å². The number of aliphatic hydroxyl groups excluding tert-OH is 3. The number of amides is 1. The van der Waals surface area contributed by atoms with Crippen molar-refractivity contribution in [1.82, 2.24) is 4.90 Å². The van der Waals surface area contributed by atoms with Crippen molar-refractivity contribution < 1.29 is 58.2 Å². The lowest BCUT2D eigenvalue weighted by atomic mass is 9.81. The number of hydrogen-bond acceptors (Lipinski definition) is 12. The van der Waals surface area contributed by atoms with Crippen LogP contribution < -0.4 is 0 Å². The summed E-state index contributed by atoms with van der Waals surface area (Å²) in [6.45, 7) is 13.0. The quantitative estimate of drug-likeness (QED) is 0.119. The van der Waals surface area contributed by atoms with Crippen LogP contribution in [0.3, 0.4) is 0 Å². The zero-order valence-corrected chi connectivity index (χ0v) is 36.3. The number of piperidine rings is 1. The lowest BCUT2D eigenvalue weighted by Gasteiger charge is -2.37. The van der Waals surface area contributed by atoms with E-state index < -0.39 is 79.0 Å². The molecule has 58 heavy (non-hydrogen) atoms. The third-order valence-electron chi connectivity index (χ3n) is 12.5. The third-order valence-corrected chi connectivity index (χ3v) is 12.5. The van der Waals surface area contributed by atoms with Crippen LogP contribution in [0.15, 0.2) is 36.0 Å². The SMILES string of the molecule is C=CCC1/C=C(\C)C[C@H](C)C[C@H](OC)[C@@H](OCO)[C@@H](OC)C[C@@H](C)CC(=O)C(=O)N2CCCC[C@H]2C(=O)O[C@H](/C(C)=C/C2CC[C@@H](O)[C@H](OC)C2)[C@H](C)[C@@H](O)CC1=O. The van der Waals surface area contributed by atoms with E-state index in [4.69, 9.17) is 23.7 Å². The number of aliphatic hydroxyl groups is 3. The fraction of sp³-hybridized carbons (Fsp3) is 0.778. The molecule has 2 unspecified atom stereocenters. The highest BCUT2D eigenvalue weighted by Gasteiger charge is 2.41. The summed E-state index contributed by atoms with van der Waals surface area (Å²) in [4.78, 5) is 57.0. The van der Waals surface area contributed by atoms with E-state index in [0.717, 1.165) is 5.57 Å². The molecule has 2 aliphatic heterocycles.